The number of benzene rings is 1. The van der Waals surface area contributed by atoms with Gasteiger partial charge in [0.1, 0.15) is 5.56 Å². The molecular formula is C22H24N4O4. The van der Waals surface area contributed by atoms with Crippen molar-refractivity contribution in [3.8, 4) is 11.6 Å². The third-order valence-corrected chi connectivity index (χ3v) is 7.01. The summed E-state index contributed by atoms with van der Waals surface area (Å²) in [5.41, 5.74) is 0.936. The van der Waals surface area contributed by atoms with Crippen LogP contribution in [0.5, 0.6) is 5.88 Å². The molecule has 4 bridgehead atoms. The van der Waals surface area contributed by atoms with Gasteiger partial charge in [0.2, 0.25) is 11.8 Å². The summed E-state index contributed by atoms with van der Waals surface area (Å²) < 4.78 is 0.990. The maximum absolute atomic E-state index is 13.0. The van der Waals surface area contributed by atoms with Crippen molar-refractivity contribution in [2.75, 3.05) is 0 Å². The number of carbonyl (C=O) groups excluding carboxylic acids is 1. The molecular weight excluding hydrogens is 384 g/mol. The molecule has 1 aromatic carbocycles. The Balaban J connectivity index is 1.39. The first-order chi connectivity index (χ1) is 14.4. The van der Waals surface area contributed by atoms with E-state index in [9.17, 15) is 19.5 Å². The van der Waals surface area contributed by atoms with E-state index in [0.29, 0.717) is 23.4 Å². The molecule has 30 heavy (non-hydrogen) atoms. The van der Waals surface area contributed by atoms with Gasteiger partial charge in [-0.3, -0.25) is 14.6 Å². The van der Waals surface area contributed by atoms with Gasteiger partial charge in [-0.05, 0) is 68.4 Å². The van der Waals surface area contributed by atoms with Gasteiger partial charge >= 0.3 is 5.69 Å². The molecule has 4 aliphatic carbocycles. The molecule has 0 radical (unpaired) electrons. The Morgan fingerprint density at radius 3 is 2.30 bits per heavy atom. The van der Waals surface area contributed by atoms with Gasteiger partial charge in [-0.15, -0.1) is 0 Å². The monoisotopic (exact) mass is 408 g/mol. The summed E-state index contributed by atoms with van der Waals surface area (Å²) >= 11 is 0. The summed E-state index contributed by atoms with van der Waals surface area (Å²) in [4.78, 5) is 39.5. The topological polar surface area (TPSA) is 117 Å². The molecule has 8 nitrogen and oxygen atoms in total. The van der Waals surface area contributed by atoms with Crippen LogP contribution in [0.3, 0.4) is 0 Å². The summed E-state index contributed by atoms with van der Waals surface area (Å²) in [6.07, 6.45) is 7.53. The Morgan fingerprint density at radius 2 is 1.70 bits per heavy atom. The smallest absolute Gasteiger partial charge is 0.335 e. The quantitative estimate of drug-likeness (QED) is 0.529. The maximum Gasteiger partial charge on any atom is 0.335 e. The first kappa shape index (κ1) is 18.8. The molecule has 0 unspecified atom stereocenters. The number of H-pyrrole nitrogens is 1. The van der Waals surface area contributed by atoms with Crippen LogP contribution in [0.15, 0.2) is 45.0 Å². The summed E-state index contributed by atoms with van der Waals surface area (Å²) in [6, 6.07) is 8.47. The minimum atomic E-state index is -0.766. The minimum absolute atomic E-state index is 0.106. The average Bonchev–Trinajstić information content (AvgIpc) is 2.70. The van der Waals surface area contributed by atoms with Crippen molar-refractivity contribution in [2.45, 2.75) is 38.5 Å². The lowest BCUT2D eigenvalue weighted by atomic mass is 9.49. The van der Waals surface area contributed by atoms with Gasteiger partial charge < -0.3 is 5.11 Å². The third kappa shape index (κ3) is 3.07. The number of amides is 1. The van der Waals surface area contributed by atoms with Crippen LogP contribution in [-0.4, -0.2) is 26.8 Å². The predicted octanol–water partition coefficient (Wildman–Crippen LogP) is 1.90. The molecule has 0 saturated heterocycles. The largest absolute Gasteiger partial charge is 0.493 e. The van der Waals surface area contributed by atoms with E-state index in [2.05, 4.69) is 15.5 Å². The zero-order valence-electron chi connectivity index (χ0n) is 16.5. The van der Waals surface area contributed by atoms with E-state index in [4.69, 9.17) is 0 Å². The zero-order valence-corrected chi connectivity index (χ0v) is 16.5. The van der Waals surface area contributed by atoms with Crippen molar-refractivity contribution < 1.29 is 9.90 Å². The van der Waals surface area contributed by atoms with Crippen molar-refractivity contribution in [1.29, 1.82) is 0 Å². The molecule has 1 aromatic heterocycles. The van der Waals surface area contributed by atoms with Gasteiger partial charge in [-0.25, -0.2) is 14.8 Å². The second kappa shape index (κ2) is 6.97. The number of aromatic nitrogens is 2. The van der Waals surface area contributed by atoms with E-state index >= 15 is 0 Å². The van der Waals surface area contributed by atoms with Crippen LogP contribution in [0.2, 0.25) is 0 Å². The Labute approximate surface area is 172 Å². The molecule has 4 fully saturated rings. The fourth-order valence-corrected chi connectivity index (χ4v) is 6.13. The highest BCUT2D eigenvalue weighted by Gasteiger charge is 2.54. The van der Waals surface area contributed by atoms with Crippen LogP contribution in [0, 0.1) is 23.2 Å². The average molecular weight is 408 g/mol. The third-order valence-electron chi connectivity index (χ3n) is 7.01. The van der Waals surface area contributed by atoms with Gasteiger partial charge in [0.05, 0.1) is 17.3 Å². The summed E-state index contributed by atoms with van der Waals surface area (Å²) in [6.45, 7) is 0. The standard InChI is InChI=1S/C22H24N4O4/c27-18-17(19(28)26(21(30)24-18)16-4-2-1-3-5-16)12-23-25-20(29)22-9-13-6-14(10-22)8-15(7-13)11-22/h1-5,12-15,28H,6-11H2,(H,25,29)(H,24,27,30). The van der Waals surface area contributed by atoms with E-state index in [1.54, 1.807) is 30.3 Å². The van der Waals surface area contributed by atoms with Gasteiger partial charge in [0, 0.05) is 0 Å². The number of nitrogens with zero attached hydrogens (tertiary/aromatic N) is 2. The second-order valence-electron chi connectivity index (χ2n) is 9.06. The minimum Gasteiger partial charge on any atom is -0.493 e. The lowest BCUT2D eigenvalue weighted by Gasteiger charge is -2.55. The number of hydrogen-bond donors (Lipinski definition) is 3. The fourth-order valence-electron chi connectivity index (χ4n) is 6.13. The number of hydrogen-bond acceptors (Lipinski definition) is 5. The number of para-hydroxylation sites is 1. The zero-order chi connectivity index (χ0) is 20.9. The lowest BCUT2D eigenvalue weighted by molar-refractivity contribution is -0.146. The molecule has 1 amide bonds. The Kier molecular flexibility index (Phi) is 4.38. The first-order valence-corrected chi connectivity index (χ1v) is 10.4. The molecule has 1 heterocycles. The molecule has 3 N–H and O–H groups in total. The highest BCUT2D eigenvalue weighted by atomic mass is 16.3. The number of hydrazone groups is 1. The molecule has 4 aliphatic rings. The Hall–Kier alpha value is -3.16. The first-order valence-electron chi connectivity index (χ1n) is 10.4. The van der Waals surface area contributed by atoms with E-state index in [0.717, 1.165) is 30.0 Å². The Morgan fingerprint density at radius 1 is 1.10 bits per heavy atom. The molecule has 0 aliphatic heterocycles. The molecule has 156 valence electrons. The number of aromatic hydroxyl groups is 1. The number of nitrogens with one attached hydrogen (secondary N) is 2. The second-order valence-corrected chi connectivity index (χ2v) is 9.06. The van der Waals surface area contributed by atoms with E-state index in [-0.39, 0.29) is 16.9 Å². The highest BCUT2D eigenvalue weighted by molar-refractivity contribution is 5.86. The van der Waals surface area contributed by atoms with Gasteiger partial charge in [0.15, 0.2) is 0 Å². The number of rotatable bonds is 4. The molecule has 2 aromatic rings. The van der Waals surface area contributed by atoms with Crippen LogP contribution in [0.25, 0.3) is 5.69 Å². The fraction of sp³-hybridized carbons (Fsp3) is 0.455. The van der Waals surface area contributed by atoms with Crippen LogP contribution >= 0.6 is 0 Å². The Bertz CT molecular complexity index is 1100. The van der Waals surface area contributed by atoms with Crippen molar-refractivity contribution in [1.82, 2.24) is 15.0 Å². The van der Waals surface area contributed by atoms with E-state index in [1.807, 2.05) is 0 Å². The predicted molar refractivity (Wildman–Crippen MR) is 111 cm³/mol. The van der Waals surface area contributed by atoms with Crippen LogP contribution < -0.4 is 16.7 Å². The van der Waals surface area contributed by atoms with Crippen molar-refractivity contribution >= 4 is 12.1 Å². The van der Waals surface area contributed by atoms with Crippen LogP contribution in [0.1, 0.15) is 44.1 Å². The summed E-state index contributed by atoms with van der Waals surface area (Å²) in [7, 11) is 0. The number of carbonyl (C=O) groups is 1. The molecule has 0 atom stereocenters. The van der Waals surface area contributed by atoms with Crippen molar-refractivity contribution in [3.63, 3.8) is 0 Å². The summed E-state index contributed by atoms with van der Waals surface area (Å²) in [5, 5.41) is 14.5. The molecule has 8 heteroatoms. The van der Waals surface area contributed by atoms with Gasteiger partial charge in [0.25, 0.3) is 5.56 Å². The van der Waals surface area contributed by atoms with E-state index < -0.39 is 17.1 Å². The molecule has 0 spiro atoms. The molecule has 6 rings (SSSR count). The van der Waals surface area contributed by atoms with Crippen molar-refractivity contribution in [3.05, 3.63) is 56.7 Å². The van der Waals surface area contributed by atoms with Crippen molar-refractivity contribution in [2.24, 2.45) is 28.3 Å². The normalized spacial score (nSPS) is 29.4. The van der Waals surface area contributed by atoms with Gasteiger partial charge in [-0.1, -0.05) is 18.2 Å². The maximum atomic E-state index is 13.0. The van der Waals surface area contributed by atoms with Gasteiger partial charge in [-0.2, -0.15) is 5.10 Å². The SMILES string of the molecule is O=C(NN=Cc1c(O)n(-c2ccccc2)c(=O)[nH]c1=O)C12CC3CC(CC(C3)C1)C2. The van der Waals surface area contributed by atoms with Crippen LogP contribution in [-0.2, 0) is 4.79 Å². The van der Waals surface area contributed by atoms with Crippen LogP contribution in [0.4, 0.5) is 0 Å². The lowest BCUT2D eigenvalue weighted by Crippen LogP contribution is -2.52. The number of aromatic amines is 1. The highest BCUT2D eigenvalue weighted by Crippen LogP contribution is 2.60. The summed E-state index contributed by atoms with van der Waals surface area (Å²) in [5.74, 6) is 1.26. The molecule has 4 saturated carbocycles. The van der Waals surface area contributed by atoms with E-state index in [1.165, 1.54) is 19.3 Å².